The Morgan fingerprint density at radius 3 is 2.88 bits per heavy atom. The van der Waals surface area contributed by atoms with Gasteiger partial charge in [-0.1, -0.05) is 18.7 Å². The fourth-order valence-corrected chi connectivity index (χ4v) is 2.66. The molecule has 7 heteroatoms. The van der Waals surface area contributed by atoms with E-state index in [0.29, 0.717) is 22.3 Å². The number of thioether (sulfide) groups is 1. The highest BCUT2D eigenvalue weighted by atomic mass is 32.2. The summed E-state index contributed by atoms with van der Waals surface area (Å²) in [6.07, 6.45) is 4.47. The molecule has 0 saturated carbocycles. The maximum atomic E-state index is 9.48. The molecule has 0 amide bonds. The number of nitriles is 1. The Hall–Kier alpha value is -2.59. The summed E-state index contributed by atoms with van der Waals surface area (Å²) in [7, 11) is 1.95. The van der Waals surface area contributed by atoms with Gasteiger partial charge in [-0.15, -0.1) is 0 Å². The number of hydrogen-bond acceptors (Lipinski definition) is 6. The summed E-state index contributed by atoms with van der Waals surface area (Å²) in [6, 6.07) is 7.41. The number of hydrogen-bond donors (Lipinski definition) is 0. The first kappa shape index (κ1) is 19.7. The molecule has 0 N–H and O–H groups in total. The minimum Gasteiger partial charge on any atom is -0.437 e. The Kier molecular flexibility index (Phi) is 7.42. The van der Waals surface area contributed by atoms with Crippen LogP contribution < -0.4 is 4.74 Å². The molecule has 0 bridgehead atoms. The fourth-order valence-electron chi connectivity index (χ4n) is 1.98. The van der Waals surface area contributed by atoms with Gasteiger partial charge in [0.2, 0.25) is 5.88 Å². The Morgan fingerprint density at radius 2 is 2.19 bits per heavy atom. The topological polar surface area (TPSA) is 74.4 Å². The van der Waals surface area contributed by atoms with E-state index >= 15 is 0 Å². The molecule has 0 saturated heterocycles. The van der Waals surface area contributed by atoms with Crippen LogP contribution in [0.5, 0.6) is 11.6 Å². The van der Waals surface area contributed by atoms with Crippen LogP contribution in [0.4, 0.5) is 5.69 Å². The van der Waals surface area contributed by atoms with E-state index in [1.165, 1.54) is 0 Å². The Morgan fingerprint density at radius 1 is 1.38 bits per heavy atom. The minimum atomic E-state index is 0.420. The van der Waals surface area contributed by atoms with E-state index in [2.05, 4.69) is 28.0 Å². The molecule has 26 heavy (non-hydrogen) atoms. The first-order valence-electron chi connectivity index (χ1n) is 8.50. The van der Waals surface area contributed by atoms with Gasteiger partial charge in [-0.05, 0) is 38.0 Å². The summed E-state index contributed by atoms with van der Waals surface area (Å²) in [5.74, 6) is 1.85. The molecule has 0 spiro atoms. The molecule has 2 rings (SSSR count). The molecule has 0 aliphatic heterocycles. The van der Waals surface area contributed by atoms with Gasteiger partial charge in [0, 0.05) is 31.6 Å². The molecule has 0 radical (unpaired) electrons. The van der Waals surface area contributed by atoms with E-state index in [1.54, 1.807) is 36.4 Å². The van der Waals surface area contributed by atoms with E-state index in [0.717, 1.165) is 30.0 Å². The summed E-state index contributed by atoms with van der Waals surface area (Å²) in [6.45, 7) is 6.96. The molecule has 6 nitrogen and oxygen atoms in total. The monoisotopic (exact) mass is 369 g/mol. The van der Waals surface area contributed by atoms with Crippen LogP contribution in [0.3, 0.4) is 0 Å². The third-order valence-corrected chi connectivity index (χ3v) is 4.64. The van der Waals surface area contributed by atoms with E-state index < -0.39 is 0 Å². The van der Waals surface area contributed by atoms with Gasteiger partial charge in [-0.2, -0.15) is 10.2 Å². The van der Waals surface area contributed by atoms with Crippen molar-refractivity contribution in [2.45, 2.75) is 32.3 Å². The smallest absolute Gasteiger partial charge is 0.223 e. The second-order valence-corrected chi connectivity index (χ2v) is 6.75. The van der Waals surface area contributed by atoms with E-state index in [4.69, 9.17) is 4.74 Å². The second kappa shape index (κ2) is 9.78. The first-order chi connectivity index (χ1) is 12.6. The number of benzene rings is 1. The van der Waals surface area contributed by atoms with Gasteiger partial charge in [0.15, 0.2) is 5.16 Å². The molecule has 1 heterocycles. The summed E-state index contributed by atoms with van der Waals surface area (Å²) in [5, 5.41) is 10.1. The maximum Gasteiger partial charge on any atom is 0.223 e. The molecule has 2 aromatic rings. The molecule has 0 aliphatic carbocycles. The number of nitrogens with zero attached hydrogens (tertiary/aromatic N) is 5. The van der Waals surface area contributed by atoms with Crippen LogP contribution in [0.15, 0.2) is 34.5 Å². The summed E-state index contributed by atoms with van der Waals surface area (Å²) < 4.78 is 5.85. The van der Waals surface area contributed by atoms with Crippen LogP contribution in [0.25, 0.3) is 0 Å². The second-order valence-electron chi connectivity index (χ2n) is 5.69. The summed E-state index contributed by atoms with van der Waals surface area (Å²) >= 11 is 1.58. The SMILES string of the molecule is CCCSc1nccc(Oc2cc(C)c(/N=C/N(C)CC)cc2C#N)n1. The lowest BCUT2D eigenvalue weighted by molar-refractivity contribution is 0.454. The predicted octanol–water partition coefficient (Wildman–Crippen LogP) is 4.56. The third-order valence-electron chi connectivity index (χ3n) is 3.57. The van der Waals surface area contributed by atoms with Crippen LogP contribution in [0, 0.1) is 18.3 Å². The van der Waals surface area contributed by atoms with Crippen LogP contribution in [0.2, 0.25) is 0 Å². The summed E-state index contributed by atoms with van der Waals surface area (Å²) in [4.78, 5) is 15.0. The zero-order chi connectivity index (χ0) is 18.9. The molecule has 0 unspecified atom stereocenters. The number of aromatic nitrogens is 2. The van der Waals surface area contributed by atoms with Crippen molar-refractivity contribution in [1.29, 1.82) is 5.26 Å². The van der Waals surface area contributed by atoms with Crippen LogP contribution in [-0.2, 0) is 0 Å². The Balaban J connectivity index is 2.26. The molecule has 1 aromatic heterocycles. The molecule has 0 fully saturated rings. The van der Waals surface area contributed by atoms with Crippen molar-refractivity contribution in [2.24, 2.45) is 4.99 Å². The highest BCUT2D eigenvalue weighted by molar-refractivity contribution is 7.99. The average molecular weight is 369 g/mol. The van der Waals surface area contributed by atoms with Gasteiger partial charge in [-0.25, -0.2) is 9.98 Å². The van der Waals surface area contributed by atoms with E-state index in [-0.39, 0.29) is 0 Å². The molecule has 1 aromatic carbocycles. The lowest BCUT2D eigenvalue weighted by Crippen LogP contribution is -2.14. The molecular weight excluding hydrogens is 346 g/mol. The van der Waals surface area contributed by atoms with Crippen molar-refractivity contribution >= 4 is 23.8 Å². The van der Waals surface area contributed by atoms with Crippen molar-refractivity contribution in [3.63, 3.8) is 0 Å². The van der Waals surface area contributed by atoms with E-state index in [9.17, 15) is 5.26 Å². The number of aryl methyl sites for hydroxylation is 1. The van der Waals surface area contributed by atoms with Gasteiger partial charge >= 0.3 is 0 Å². The lowest BCUT2D eigenvalue weighted by Gasteiger charge is -2.11. The van der Waals surface area contributed by atoms with Crippen molar-refractivity contribution in [1.82, 2.24) is 14.9 Å². The van der Waals surface area contributed by atoms with Crippen molar-refractivity contribution < 1.29 is 4.74 Å². The van der Waals surface area contributed by atoms with Gasteiger partial charge in [0.25, 0.3) is 0 Å². The maximum absolute atomic E-state index is 9.48. The van der Waals surface area contributed by atoms with Gasteiger partial charge in [0.1, 0.15) is 11.8 Å². The normalized spacial score (nSPS) is 10.7. The first-order valence-corrected chi connectivity index (χ1v) is 9.48. The van der Waals surface area contributed by atoms with Crippen LogP contribution in [0.1, 0.15) is 31.4 Å². The number of ether oxygens (including phenoxy) is 1. The zero-order valence-corrected chi connectivity index (χ0v) is 16.4. The largest absolute Gasteiger partial charge is 0.437 e. The standard InChI is InChI=1S/C19H23N5OS/c1-5-9-26-19-21-8-7-18(23-19)25-17-10-14(3)16(11-15(17)12-20)22-13-24(4)6-2/h7-8,10-11,13H,5-6,9H2,1-4H3/b22-13+. The van der Waals surface area contributed by atoms with Crippen molar-refractivity contribution in [2.75, 3.05) is 19.3 Å². The zero-order valence-electron chi connectivity index (χ0n) is 15.6. The van der Waals surface area contributed by atoms with Gasteiger partial charge in [0.05, 0.1) is 17.6 Å². The fraction of sp³-hybridized carbons (Fsp3) is 0.368. The minimum absolute atomic E-state index is 0.420. The average Bonchev–Trinajstić information content (AvgIpc) is 2.65. The Labute approximate surface area is 158 Å². The Bertz CT molecular complexity index is 816. The highest BCUT2D eigenvalue weighted by Crippen LogP contribution is 2.31. The third kappa shape index (κ3) is 5.46. The molecule has 0 aliphatic rings. The van der Waals surface area contributed by atoms with Gasteiger partial charge in [-0.3, -0.25) is 0 Å². The summed E-state index contributed by atoms with van der Waals surface area (Å²) in [5.41, 5.74) is 2.09. The predicted molar refractivity (Wildman–Crippen MR) is 105 cm³/mol. The molecule has 136 valence electrons. The number of aliphatic imine (C=N–C) groups is 1. The number of rotatable bonds is 8. The molecular formula is C19H23N5OS. The van der Waals surface area contributed by atoms with Gasteiger partial charge < -0.3 is 9.64 Å². The van der Waals surface area contributed by atoms with Crippen LogP contribution >= 0.6 is 11.8 Å². The lowest BCUT2D eigenvalue weighted by atomic mass is 10.1. The quantitative estimate of drug-likeness (QED) is 0.294. The van der Waals surface area contributed by atoms with Crippen LogP contribution in [-0.4, -0.2) is 40.6 Å². The van der Waals surface area contributed by atoms with Crippen molar-refractivity contribution in [3.05, 3.63) is 35.5 Å². The highest BCUT2D eigenvalue weighted by Gasteiger charge is 2.11. The molecule has 0 atom stereocenters. The van der Waals surface area contributed by atoms with Crippen molar-refractivity contribution in [3.8, 4) is 17.7 Å². The van der Waals surface area contributed by atoms with E-state index in [1.807, 2.05) is 31.9 Å².